The fourth-order valence-electron chi connectivity index (χ4n) is 2.15. The van der Waals surface area contributed by atoms with Crippen molar-refractivity contribution in [2.45, 2.75) is 6.42 Å². The largest absolute Gasteiger partial charge is 0.313 e. The van der Waals surface area contributed by atoms with E-state index in [0.717, 1.165) is 16.7 Å². The van der Waals surface area contributed by atoms with Crippen molar-refractivity contribution in [3.63, 3.8) is 0 Å². The number of nitriles is 1. The maximum atomic E-state index is 11.8. The molecule has 96 valence electrons. The molecule has 20 heavy (non-hydrogen) atoms. The highest BCUT2D eigenvalue weighted by Crippen LogP contribution is 2.22. The molecule has 0 radical (unpaired) electrons. The van der Waals surface area contributed by atoms with Crippen LogP contribution in [0.3, 0.4) is 0 Å². The van der Waals surface area contributed by atoms with Gasteiger partial charge in [0, 0.05) is 0 Å². The minimum Gasteiger partial charge on any atom is -0.313 e. The first-order chi connectivity index (χ1) is 9.78. The smallest absolute Gasteiger partial charge is 0.258 e. The zero-order chi connectivity index (χ0) is 13.9. The van der Waals surface area contributed by atoms with E-state index in [0.29, 0.717) is 17.3 Å². The summed E-state index contributed by atoms with van der Waals surface area (Å²) >= 11 is 0. The molecule has 2 aromatic carbocycles. The number of hydrogen-bond donors (Lipinski definition) is 1. The summed E-state index contributed by atoms with van der Waals surface area (Å²) in [5.41, 5.74) is 3.49. The molecule has 4 heteroatoms. The molecular formula is C16H11N3O. The van der Waals surface area contributed by atoms with Crippen molar-refractivity contribution in [1.29, 1.82) is 5.26 Å². The van der Waals surface area contributed by atoms with Crippen LogP contribution in [0.2, 0.25) is 0 Å². The van der Waals surface area contributed by atoms with Crippen LogP contribution in [0.1, 0.15) is 5.56 Å². The Kier molecular flexibility index (Phi) is 3.02. The molecule has 3 rings (SSSR count). The number of benzene rings is 2. The van der Waals surface area contributed by atoms with E-state index in [1.807, 2.05) is 42.5 Å². The van der Waals surface area contributed by atoms with Gasteiger partial charge in [-0.05, 0) is 28.8 Å². The van der Waals surface area contributed by atoms with Gasteiger partial charge in [-0.15, -0.1) is 0 Å². The molecule has 0 aliphatic heterocycles. The van der Waals surface area contributed by atoms with E-state index in [-0.39, 0.29) is 5.56 Å². The van der Waals surface area contributed by atoms with Crippen LogP contribution in [0.25, 0.3) is 22.0 Å². The average Bonchev–Trinajstić information content (AvgIpc) is 2.49. The Balaban J connectivity index is 2.08. The lowest BCUT2D eigenvalue weighted by molar-refractivity contribution is 1.17. The summed E-state index contributed by atoms with van der Waals surface area (Å²) in [6.07, 6.45) is 1.81. The van der Waals surface area contributed by atoms with Gasteiger partial charge in [0.25, 0.3) is 5.56 Å². The lowest BCUT2D eigenvalue weighted by atomic mass is 10.0. The van der Waals surface area contributed by atoms with Gasteiger partial charge in [-0.2, -0.15) is 5.26 Å². The molecule has 1 aromatic heterocycles. The Bertz CT molecular complexity index is 857. The second kappa shape index (κ2) is 4.98. The Morgan fingerprint density at radius 3 is 2.60 bits per heavy atom. The Labute approximate surface area is 115 Å². The van der Waals surface area contributed by atoms with E-state index in [1.54, 1.807) is 0 Å². The SMILES string of the molecule is N#CCc1ccc(-c2ccc3nc[nH]c(=O)c3c2)cc1. The number of fused-ring (bicyclic) bond motifs is 1. The van der Waals surface area contributed by atoms with Crippen molar-refractivity contribution in [3.8, 4) is 17.2 Å². The minimum absolute atomic E-state index is 0.141. The third-order valence-corrected chi connectivity index (χ3v) is 3.21. The van der Waals surface area contributed by atoms with Gasteiger partial charge in [-0.3, -0.25) is 4.79 Å². The standard InChI is InChI=1S/C16H11N3O/c17-8-7-11-1-3-12(4-2-11)13-5-6-15-14(9-13)16(20)19-10-18-15/h1-6,9-10H,7H2,(H,18,19,20). The van der Waals surface area contributed by atoms with Crippen molar-refractivity contribution in [2.24, 2.45) is 0 Å². The molecule has 0 bridgehead atoms. The van der Waals surface area contributed by atoms with Gasteiger partial charge in [-0.1, -0.05) is 30.3 Å². The summed E-state index contributed by atoms with van der Waals surface area (Å²) in [6.45, 7) is 0. The Morgan fingerprint density at radius 2 is 1.85 bits per heavy atom. The molecule has 0 fully saturated rings. The van der Waals surface area contributed by atoms with Crippen LogP contribution in [0.5, 0.6) is 0 Å². The van der Waals surface area contributed by atoms with Gasteiger partial charge in [-0.25, -0.2) is 4.98 Å². The lowest BCUT2D eigenvalue weighted by Gasteiger charge is -2.04. The molecule has 0 unspecified atom stereocenters. The van der Waals surface area contributed by atoms with Crippen LogP contribution in [0, 0.1) is 11.3 Å². The molecule has 1 heterocycles. The van der Waals surface area contributed by atoms with Crippen LogP contribution in [0.4, 0.5) is 0 Å². The van der Waals surface area contributed by atoms with Gasteiger partial charge < -0.3 is 4.98 Å². The fraction of sp³-hybridized carbons (Fsp3) is 0.0625. The molecule has 3 aromatic rings. The number of nitrogens with one attached hydrogen (secondary N) is 1. The first kappa shape index (κ1) is 12.1. The van der Waals surface area contributed by atoms with Gasteiger partial charge >= 0.3 is 0 Å². The van der Waals surface area contributed by atoms with Crippen LogP contribution < -0.4 is 5.56 Å². The van der Waals surface area contributed by atoms with Crippen molar-refractivity contribution in [3.05, 3.63) is 64.7 Å². The number of H-pyrrole nitrogens is 1. The van der Waals surface area contributed by atoms with Gasteiger partial charge in [0.1, 0.15) is 0 Å². The molecule has 0 aliphatic rings. The highest BCUT2D eigenvalue weighted by molar-refractivity contribution is 5.83. The van der Waals surface area contributed by atoms with E-state index in [4.69, 9.17) is 5.26 Å². The van der Waals surface area contributed by atoms with E-state index >= 15 is 0 Å². The second-order valence-corrected chi connectivity index (χ2v) is 4.50. The molecule has 4 nitrogen and oxygen atoms in total. The minimum atomic E-state index is -0.141. The van der Waals surface area contributed by atoms with Gasteiger partial charge in [0.2, 0.25) is 0 Å². The first-order valence-electron chi connectivity index (χ1n) is 6.21. The average molecular weight is 261 g/mol. The van der Waals surface area contributed by atoms with Crippen molar-refractivity contribution < 1.29 is 0 Å². The Morgan fingerprint density at radius 1 is 1.10 bits per heavy atom. The van der Waals surface area contributed by atoms with Crippen LogP contribution in [-0.4, -0.2) is 9.97 Å². The van der Waals surface area contributed by atoms with Crippen LogP contribution in [-0.2, 0) is 6.42 Å². The van der Waals surface area contributed by atoms with Crippen molar-refractivity contribution in [1.82, 2.24) is 9.97 Å². The quantitative estimate of drug-likeness (QED) is 0.771. The first-order valence-corrected chi connectivity index (χ1v) is 6.21. The zero-order valence-corrected chi connectivity index (χ0v) is 10.6. The van der Waals surface area contributed by atoms with Crippen molar-refractivity contribution >= 4 is 10.9 Å². The number of rotatable bonds is 2. The monoisotopic (exact) mass is 261 g/mol. The summed E-state index contributed by atoms with van der Waals surface area (Å²) in [6, 6.07) is 15.5. The number of nitrogens with zero attached hydrogens (tertiary/aromatic N) is 2. The predicted octanol–water partition coefficient (Wildman–Crippen LogP) is 2.66. The Hall–Kier alpha value is -2.93. The van der Waals surface area contributed by atoms with Crippen LogP contribution >= 0.6 is 0 Å². The van der Waals surface area contributed by atoms with Gasteiger partial charge in [0.05, 0.1) is 29.7 Å². The molecule has 0 spiro atoms. The lowest BCUT2D eigenvalue weighted by Crippen LogP contribution is -2.05. The second-order valence-electron chi connectivity index (χ2n) is 4.50. The van der Waals surface area contributed by atoms with E-state index in [1.165, 1.54) is 6.33 Å². The fourth-order valence-corrected chi connectivity index (χ4v) is 2.15. The molecule has 1 N–H and O–H groups in total. The maximum Gasteiger partial charge on any atom is 0.258 e. The van der Waals surface area contributed by atoms with E-state index < -0.39 is 0 Å². The summed E-state index contributed by atoms with van der Waals surface area (Å²) in [5, 5.41) is 9.23. The molecule has 0 saturated carbocycles. The summed E-state index contributed by atoms with van der Waals surface area (Å²) in [7, 11) is 0. The summed E-state index contributed by atoms with van der Waals surface area (Å²) in [5.74, 6) is 0. The topological polar surface area (TPSA) is 69.5 Å². The third kappa shape index (κ3) is 2.17. The van der Waals surface area contributed by atoms with Gasteiger partial charge in [0.15, 0.2) is 0 Å². The highest BCUT2D eigenvalue weighted by atomic mass is 16.1. The van der Waals surface area contributed by atoms with E-state index in [2.05, 4.69) is 16.0 Å². The molecular weight excluding hydrogens is 250 g/mol. The summed E-state index contributed by atoms with van der Waals surface area (Å²) < 4.78 is 0. The van der Waals surface area contributed by atoms with Crippen molar-refractivity contribution in [2.75, 3.05) is 0 Å². The van der Waals surface area contributed by atoms with E-state index in [9.17, 15) is 4.79 Å². The normalized spacial score (nSPS) is 10.3. The molecule has 0 amide bonds. The maximum absolute atomic E-state index is 11.8. The summed E-state index contributed by atoms with van der Waals surface area (Å²) in [4.78, 5) is 18.5. The van der Waals surface area contributed by atoms with Crippen LogP contribution in [0.15, 0.2) is 53.6 Å². The molecule has 0 atom stereocenters. The highest BCUT2D eigenvalue weighted by Gasteiger charge is 2.03. The third-order valence-electron chi connectivity index (χ3n) is 3.21. The molecule has 0 aliphatic carbocycles. The zero-order valence-electron chi connectivity index (χ0n) is 10.6. The number of hydrogen-bond acceptors (Lipinski definition) is 3. The number of aromatic amines is 1. The molecule has 0 saturated heterocycles. The number of aromatic nitrogens is 2. The predicted molar refractivity (Wildman–Crippen MR) is 77.1 cm³/mol.